The van der Waals surface area contributed by atoms with Gasteiger partial charge in [-0.25, -0.2) is 0 Å². The van der Waals surface area contributed by atoms with E-state index in [4.69, 9.17) is 4.74 Å². The number of ether oxygens (including phenoxy) is 1. The van der Waals surface area contributed by atoms with Crippen LogP contribution >= 0.6 is 0 Å². The third-order valence-electron chi connectivity index (χ3n) is 3.15. The summed E-state index contributed by atoms with van der Waals surface area (Å²) >= 11 is 0. The van der Waals surface area contributed by atoms with Gasteiger partial charge >= 0.3 is 0 Å². The molecular weight excluding hydrogens is 294 g/mol. The van der Waals surface area contributed by atoms with Crippen LogP contribution in [-0.4, -0.2) is 57.5 Å². The lowest BCUT2D eigenvalue weighted by Crippen LogP contribution is -2.51. The maximum Gasteiger partial charge on any atom is 0.279 e. The van der Waals surface area contributed by atoms with Gasteiger partial charge in [0.05, 0.1) is 13.2 Å². The molecule has 0 saturated carbocycles. The Labute approximate surface area is 127 Å². The van der Waals surface area contributed by atoms with E-state index in [0.717, 1.165) is 12.8 Å². The number of carbonyl (C=O) groups is 1. The summed E-state index contributed by atoms with van der Waals surface area (Å²) in [5, 5.41) is 2.72. The van der Waals surface area contributed by atoms with Crippen LogP contribution in [-0.2, 0) is 19.7 Å². The number of piperidine rings is 1. The van der Waals surface area contributed by atoms with Crippen molar-refractivity contribution in [3.8, 4) is 0 Å². The van der Waals surface area contributed by atoms with E-state index in [9.17, 15) is 13.2 Å². The minimum Gasteiger partial charge on any atom is -0.384 e. The number of amides is 1. The highest BCUT2D eigenvalue weighted by atomic mass is 32.2. The molecule has 0 aromatic heterocycles. The summed E-state index contributed by atoms with van der Waals surface area (Å²) in [6, 6.07) is 0. The highest BCUT2D eigenvalue weighted by Gasteiger charge is 2.29. The van der Waals surface area contributed by atoms with Gasteiger partial charge in [-0.1, -0.05) is 0 Å². The van der Waals surface area contributed by atoms with Crippen LogP contribution in [0.3, 0.4) is 0 Å². The van der Waals surface area contributed by atoms with E-state index in [1.165, 1.54) is 4.31 Å². The molecule has 0 aromatic carbocycles. The number of carbonyl (C=O) groups excluding carboxylic acids is 1. The molecule has 1 aliphatic heterocycles. The monoisotopic (exact) mass is 321 g/mol. The van der Waals surface area contributed by atoms with E-state index in [0.29, 0.717) is 19.7 Å². The second-order valence-electron chi connectivity index (χ2n) is 6.45. The van der Waals surface area contributed by atoms with Gasteiger partial charge in [0, 0.05) is 25.7 Å². The van der Waals surface area contributed by atoms with Gasteiger partial charge in [-0.15, -0.1) is 0 Å². The van der Waals surface area contributed by atoms with Gasteiger partial charge in [-0.2, -0.15) is 17.4 Å². The molecule has 1 saturated heterocycles. The maximum atomic E-state index is 12.2. The van der Waals surface area contributed by atoms with Crippen molar-refractivity contribution in [3.63, 3.8) is 0 Å². The number of hydrogen-bond donors (Lipinski definition) is 2. The zero-order valence-electron chi connectivity index (χ0n) is 13.3. The summed E-state index contributed by atoms with van der Waals surface area (Å²) in [5.74, 6) is -0.125. The molecule has 0 bridgehead atoms. The number of rotatable bonds is 6. The molecule has 1 unspecified atom stereocenters. The average molecular weight is 321 g/mol. The van der Waals surface area contributed by atoms with Crippen LogP contribution in [0.25, 0.3) is 0 Å². The molecule has 2 N–H and O–H groups in total. The van der Waals surface area contributed by atoms with Gasteiger partial charge in [-0.05, 0) is 39.5 Å². The van der Waals surface area contributed by atoms with Crippen LogP contribution in [0.1, 0.15) is 33.6 Å². The van der Waals surface area contributed by atoms with Crippen molar-refractivity contribution < 1.29 is 17.9 Å². The van der Waals surface area contributed by atoms with Gasteiger partial charge in [0.2, 0.25) is 5.91 Å². The number of nitrogens with zero attached hydrogens (tertiary/aromatic N) is 1. The van der Waals surface area contributed by atoms with Crippen molar-refractivity contribution in [2.75, 3.05) is 33.4 Å². The molecule has 1 atom stereocenters. The maximum absolute atomic E-state index is 12.2. The van der Waals surface area contributed by atoms with Gasteiger partial charge in [0.15, 0.2) is 0 Å². The smallest absolute Gasteiger partial charge is 0.279 e. The van der Waals surface area contributed by atoms with E-state index in [1.54, 1.807) is 7.11 Å². The van der Waals surface area contributed by atoms with Crippen molar-refractivity contribution >= 4 is 16.1 Å². The lowest BCUT2D eigenvalue weighted by Gasteiger charge is -2.31. The van der Waals surface area contributed by atoms with Crippen molar-refractivity contribution in [3.05, 3.63) is 0 Å². The molecule has 0 radical (unpaired) electrons. The number of nitrogens with one attached hydrogen (secondary N) is 2. The van der Waals surface area contributed by atoms with Gasteiger partial charge in [-0.3, -0.25) is 4.79 Å². The van der Waals surface area contributed by atoms with Crippen LogP contribution in [0, 0.1) is 5.92 Å². The molecule has 1 rings (SSSR count). The predicted octanol–water partition coefficient (Wildman–Crippen LogP) is 0.0939. The van der Waals surface area contributed by atoms with Crippen molar-refractivity contribution in [2.24, 2.45) is 5.92 Å². The lowest BCUT2D eigenvalue weighted by molar-refractivity contribution is -0.121. The molecular formula is C13H27N3O4S. The molecule has 1 aliphatic rings. The summed E-state index contributed by atoms with van der Waals surface area (Å²) in [4.78, 5) is 11.7. The standard InChI is InChI=1S/C13H27N3O4S/c1-13(2,3)15-12(17)8-14-21(18,19)16-7-5-6-11(9-16)10-20-4/h11,14H,5-10H2,1-4H3,(H,15,17). The molecule has 1 heterocycles. The summed E-state index contributed by atoms with van der Waals surface area (Å²) in [6.45, 7) is 6.76. The van der Waals surface area contributed by atoms with E-state index in [2.05, 4.69) is 10.0 Å². The molecule has 1 amide bonds. The lowest BCUT2D eigenvalue weighted by atomic mass is 10.0. The Morgan fingerprint density at radius 3 is 2.62 bits per heavy atom. The Morgan fingerprint density at radius 1 is 1.38 bits per heavy atom. The fraction of sp³-hybridized carbons (Fsp3) is 0.923. The molecule has 0 aromatic rings. The first-order valence-electron chi connectivity index (χ1n) is 7.19. The molecule has 1 fully saturated rings. The third kappa shape index (κ3) is 6.73. The predicted molar refractivity (Wildman–Crippen MR) is 81.0 cm³/mol. The van der Waals surface area contributed by atoms with Crippen LogP contribution < -0.4 is 10.0 Å². The minimum atomic E-state index is -3.62. The second-order valence-corrected chi connectivity index (χ2v) is 8.20. The first kappa shape index (κ1) is 18.3. The Balaban J connectivity index is 2.51. The normalized spacial score (nSPS) is 21.2. The van der Waals surface area contributed by atoms with E-state index in [1.807, 2.05) is 20.8 Å². The molecule has 0 aliphatic carbocycles. The quantitative estimate of drug-likeness (QED) is 0.726. The summed E-state index contributed by atoms with van der Waals surface area (Å²) < 4.78 is 33.2. The fourth-order valence-corrected chi connectivity index (χ4v) is 3.60. The molecule has 124 valence electrons. The van der Waals surface area contributed by atoms with Crippen LogP contribution in [0.15, 0.2) is 0 Å². The Hall–Kier alpha value is -0.700. The largest absolute Gasteiger partial charge is 0.384 e. The van der Waals surface area contributed by atoms with E-state index in [-0.39, 0.29) is 23.9 Å². The first-order valence-corrected chi connectivity index (χ1v) is 8.63. The van der Waals surface area contributed by atoms with Crippen LogP contribution in [0.2, 0.25) is 0 Å². The van der Waals surface area contributed by atoms with Crippen molar-refractivity contribution in [1.82, 2.24) is 14.3 Å². The van der Waals surface area contributed by atoms with Crippen LogP contribution in [0.5, 0.6) is 0 Å². The number of hydrogen-bond acceptors (Lipinski definition) is 4. The zero-order chi connectivity index (χ0) is 16.1. The first-order chi connectivity index (χ1) is 9.64. The second kappa shape index (κ2) is 7.53. The minimum absolute atomic E-state index is 0.212. The highest BCUT2D eigenvalue weighted by Crippen LogP contribution is 2.18. The Morgan fingerprint density at radius 2 is 2.05 bits per heavy atom. The molecule has 8 heteroatoms. The van der Waals surface area contributed by atoms with Crippen molar-refractivity contribution in [1.29, 1.82) is 0 Å². The van der Waals surface area contributed by atoms with Gasteiger partial charge in [0.25, 0.3) is 10.2 Å². The molecule has 0 spiro atoms. The summed E-state index contributed by atoms with van der Waals surface area (Å²) in [5.41, 5.74) is -0.378. The Bertz CT molecular complexity index is 443. The topological polar surface area (TPSA) is 87.7 Å². The average Bonchev–Trinajstić information content (AvgIpc) is 2.35. The van der Waals surface area contributed by atoms with E-state index >= 15 is 0 Å². The Kier molecular flexibility index (Phi) is 6.58. The third-order valence-corrected chi connectivity index (χ3v) is 4.67. The highest BCUT2D eigenvalue weighted by molar-refractivity contribution is 7.87. The molecule has 21 heavy (non-hydrogen) atoms. The summed E-state index contributed by atoms with van der Waals surface area (Å²) in [6.07, 6.45) is 1.77. The number of methoxy groups -OCH3 is 1. The van der Waals surface area contributed by atoms with Crippen LogP contribution in [0.4, 0.5) is 0 Å². The SMILES string of the molecule is COCC1CCCN(S(=O)(=O)NCC(=O)NC(C)(C)C)C1. The molecule has 7 nitrogen and oxygen atoms in total. The van der Waals surface area contributed by atoms with Gasteiger partial charge in [0.1, 0.15) is 0 Å². The zero-order valence-corrected chi connectivity index (χ0v) is 14.1. The van der Waals surface area contributed by atoms with Gasteiger partial charge < -0.3 is 10.1 Å². The van der Waals surface area contributed by atoms with E-state index < -0.39 is 10.2 Å². The fourth-order valence-electron chi connectivity index (χ4n) is 2.33. The summed E-state index contributed by atoms with van der Waals surface area (Å²) in [7, 11) is -2.00. The van der Waals surface area contributed by atoms with Crippen molar-refractivity contribution in [2.45, 2.75) is 39.2 Å².